The lowest BCUT2D eigenvalue weighted by Gasteiger charge is -2.04. The highest BCUT2D eigenvalue weighted by molar-refractivity contribution is 7.90. The van der Waals surface area contributed by atoms with E-state index in [9.17, 15) is 21.6 Å². The Kier molecular flexibility index (Phi) is 4.66. The Labute approximate surface area is 146 Å². The minimum atomic E-state index is -3.36. The molecule has 0 bridgehead atoms. The molecule has 3 nitrogen and oxygen atoms in total. The third-order valence-electron chi connectivity index (χ3n) is 3.49. The van der Waals surface area contributed by atoms with Crippen LogP contribution in [0.3, 0.4) is 0 Å². The normalized spacial score (nSPS) is 11.9. The maximum absolute atomic E-state index is 13.1. The number of aromatic nitrogens is 1. The van der Waals surface area contributed by atoms with Gasteiger partial charge in [0.15, 0.2) is 14.8 Å². The van der Waals surface area contributed by atoms with Gasteiger partial charge in [0.1, 0.15) is 5.82 Å². The van der Waals surface area contributed by atoms with Crippen LogP contribution in [0.4, 0.5) is 13.2 Å². The minimum absolute atomic E-state index is 0.129. The van der Waals surface area contributed by atoms with Gasteiger partial charge in [-0.05, 0) is 29.8 Å². The molecule has 2 aromatic carbocycles. The lowest BCUT2D eigenvalue weighted by molar-refractivity contribution is 0.151. The molecule has 1 aromatic heterocycles. The van der Waals surface area contributed by atoms with Crippen molar-refractivity contribution in [3.63, 3.8) is 0 Å². The summed E-state index contributed by atoms with van der Waals surface area (Å²) in [5.41, 5.74) is 1.38. The summed E-state index contributed by atoms with van der Waals surface area (Å²) in [5.74, 6) is -0.429. The molecule has 1 heterocycles. The van der Waals surface area contributed by atoms with E-state index in [1.54, 1.807) is 0 Å². The Morgan fingerprint density at radius 1 is 0.960 bits per heavy atom. The topological polar surface area (TPSA) is 47.0 Å². The maximum atomic E-state index is 13.1. The molecule has 3 aromatic rings. The first-order valence-electron chi connectivity index (χ1n) is 7.11. The van der Waals surface area contributed by atoms with E-state index < -0.39 is 22.1 Å². The average Bonchev–Trinajstić information content (AvgIpc) is 3.00. The van der Waals surface area contributed by atoms with E-state index in [0.717, 1.165) is 17.6 Å². The highest BCUT2D eigenvalue weighted by Crippen LogP contribution is 2.40. The summed E-state index contributed by atoms with van der Waals surface area (Å²) in [6, 6.07) is 11.3. The van der Waals surface area contributed by atoms with Crippen LogP contribution >= 0.6 is 11.3 Å². The van der Waals surface area contributed by atoms with Crippen molar-refractivity contribution in [1.82, 2.24) is 4.98 Å². The van der Waals surface area contributed by atoms with Gasteiger partial charge < -0.3 is 0 Å². The third kappa shape index (κ3) is 3.74. The lowest BCUT2D eigenvalue weighted by Crippen LogP contribution is -1.96. The second-order valence-corrected chi connectivity index (χ2v) is 8.38. The zero-order valence-electron chi connectivity index (χ0n) is 12.9. The molecule has 0 atom stereocenters. The van der Waals surface area contributed by atoms with E-state index in [0.29, 0.717) is 21.7 Å². The number of thiazole rings is 1. The van der Waals surface area contributed by atoms with Crippen LogP contribution < -0.4 is 0 Å². The molecule has 0 saturated carbocycles. The van der Waals surface area contributed by atoms with Gasteiger partial charge in [-0.25, -0.2) is 26.6 Å². The van der Waals surface area contributed by atoms with Gasteiger partial charge in [-0.15, -0.1) is 11.3 Å². The molecule has 0 aliphatic rings. The summed E-state index contributed by atoms with van der Waals surface area (Å²) >= 11 is 0.829. The number of sulfone groups is 1. The number of halogens is 3. The van der Waals surface area contributed by atoms with Crippen molar-refractivity contribution in [1.29, 1.82) is 0 Å². The van der Waals surface area contributed by atoms with Crippen LogP contribution in [0.2, 0.25) is 0 Å². The molecule has 0 spiro atoms. The molecule has 0 saturated heterocycles. The molecule has 8 heteroatoms. The SMILES string of the molecule is CS(=O)(=O)c1ccc(-c2nc(C(F)F)sc2-c2ccc(F)cc2)cc1. The summed E-state index contributed by atoms with van der Waals surface area (Å²) in [4.78, 5) is 4.60. The second-order valence-electron chi connectivity index (χ2n) is 5.33. The Hall–Kier alpha value is -2.19. The number of hydrogen-bond acceptors (Lipinski definition) is 4. The predicted molar refractivity (Wildman–Crippen MR) is 91.0 cm³/mol. The first-order chi connectivity index (χ1) is 11.8. The van der Waals surface area contributed by atoms with Gasteiger partial charge in [-0.1, -0.05) is 24.3 Å². The van der Waals surface area contributed by atoms with Crippen molar-refractivity contribution in [3.05, 3.63) is 59.4 Å². The maximum Gasteiger partial charge on any atom is 0.289 e. The average molecular weight is 383 g/mol. The summed E-state index contributed by atoms with van der Waals surface area (Å²) < 4.78 is 62.4. The Bertz CT molecular complexity index is 995. The number of rotatable bonds is 4. The fourth-order valence-electron chi connectivity index (χ4n) is 2.28. The Morgan fingerprint density at radius 3 is 2.04 bits per heavy atom. The van der Waals surface area contributed by atoms with Crippen molar-refractivity contribution < 1.29 is 21.6 Å². The molecular formula is C17H12F3NO2S2. The van der Waals surface area contributed by atoms with Gasteiger partial charge in [0.05, 0.1) is 15.5 Å². The number of nitrogens with zero attached hydrogens (tertiary/aromatic N) is 1. The predicted octanol–water partition coefficient (Wildman–Crippen LogP) is 4.96. The molecular weight excluding hydrogens is 371 g/mol. The largest absolute Gasteiger partial charge is 0.289 e. The number of benzene rings is 2. The molecule has 0 unspecified atom stereocenters. The molecule has 0 fully saturated rings. The van der Waals surface area contributed by atoms with Crippen LogP contribution in [0.15, 0.2) is 53.4 Å². The molecule has 3 rings (SSSR count). The van der Waals surface area contributed by atoms with Crippen molar-refractivity contribution >= 4 is 21.2 Å². The molecule has 0 N–H and O–H groups in total. The van der Waals surface area contributed by atoms with Gasteiger partial charge in [-0.2, -0.15) is 0 Å². The highest BCUT2D eigenvalue weighted by Gasteiger charge is 2.20. The summed E-state index contributed by atoms with van der Waals surface area (Å²) in [5, 5.41) is -0.346. The minimum Gasteiger partial charge on any atom is -0.234 e. The molecule has 0 aliphatic heterocycles. The molecule has 25 heavy (non-hydrogen) atoms. The Morgan fingerprint density at radius 2 is 1.52 bits per heavy atom. The summed E-state index contributed by atoms with van der Waals surface area (Å²) in [6.07, 6.45) is -1.64. The standard InChI is InChI=1S/C17H12F3NO2S2/c1-25(22,23)13-8-4-10(5-9-13)14-15(24-17(21-14)16(19)20)11-2-6-12(18)7-3-11/h2-9,16H,1H3. The fraction of sp³-hybridized carbons (Fsp3) is 0.118. The molecule has 0 radical (unpaired) electrons. The van der Waals surface area contributed by atoms with E-state index in [-0.39, 0.29) is 9.90 Å². The summed E-state index contributed by atoms with van der Waals surface area (Å²) in [7, 11) is -3.36. The van der Waals surface area contributed by atoms with Crippen molar-refractivity contribution in [2.75, 3.05) is 6.26 Å². The number of hydrogen-bond donors (Lipinski definition) is 0. The Balaban J connectivity index is 2.13. The van der Waals surface area contributed by atoms with Gasteiger partial charge >= 0.3 is 0 Å². The molecule has 0 aliphatic carbocycles. The second kappa shape index (κ2) is 6.61. The fourth-order valence-corrected chi connectivity index (χ4v) is 3.86. The van der Waals surface area contributed by atoms with Crippen LogP contribution in [-0.2, 0) is 9.84 Å². The summed E-state index contributed by atoms with van der Waals surface area (Å²) in [6.45, 7) is 0. The van der Waals surface area contributed by atoms with E-state index in [1.165, 1.54) is 48.5 Å². The van der Waals surface area contributed by atoms with E-state index >= 15 is 0 Å². The van der Waals surface area contributed by atoms with Gasteiger partial charge in [0.2, 0.25) is 0 Å². The first-order valence-corrected chi connectivity index (χ1v) is 9.82. The van der Waals surface area contributed by atoms with Gasteiger partial charge in [-0.3, -0.25) is 0 Å². The lowest BCUT2D eigenvalue weighted by atomic mass is 10.1. The van der Waals surface area contributed by atoms with E-state index in [1.807, 2.05) is 0 Å². The van der Waals surface area contributed by atoms with Crippen LogP contribution in [0.1, 0.15) is 11.4 Å². The van der Waals surface area contributed by atoms with Crippen molar-refractivity contribution in [3.8, 4) is 21.7 Å². The van der Waals surface area contributed by atoms with Gasteiger partial charge in [0.25, 0.3) is 6.43 Å². The van der Waals surface area contributed by atoms with E-state index in [4.69, 9.17) is 0 Å². The molecule has 0 amide bonds. The zero-order chi connectivity index (χ0) is 18.2. The van der Waals surface area contributed by atoms with Gasteiger partial charge in [0, 0.05) is 11.8 Å². The van der Waals surface area contributed by atoms with Crippen molar-refractivity contribution in [2.45, 2.75) is 11.3 Å². The van der Waals surface area contributed by atoms with Crippen LogP contribution in [0, 0.1) is 5.82 Å². The zero-order valence-corrected chi connectivity index (χ0v) is 14.5. The van der Waals surface area contributed by atoms with Crippen LogP contribution in [-0.4, -0.2) is 19.7 Å². The quantitative estimate of drug-likeness (QED) is 0.640. The van der Waals surface area contributed by atoms with E-state index in [2.05, 4.69) is 4.98 Å². The monoisotopic (exact) mass is 383 g/mol. The molecule has 130 valence electrons. The highest BCUT2D eigenvalue weighted by atomic mass is 32.2. The van der Waals surface area contributed by atoms with Crippen LogP contribution in [0.25, 0.3) is 21.7 Å². The smallest absolute Gasteiger partial charge is 0.234 e. The third-order valence-corrected chi connectivity index (χ3v) is 5.73. The van der Waals surface area contributed by atoms with Crippen molar-refractivity contribution in [2.24, 2.45) is 0 Å². The van der Waals surface area contributed by atoms with Crippen LogP contribution in [0.5, 0.6) is 0 Å². The number of alkyl halides is 2. The first kappa shape index (κ1) is 17.6.